The summed E-state index contributed by atoms with van der Waals surface area (Å²) in [4.78, 5) is 21.1. The van der Waals surface area contributed by atoms with Crippen LogP contribution in [0, 0.1) is 0 Å². The van der Waals surface area contributed by atoms with Crippen molar-refractivity contribution in [2.24, 2.45) is 4.99 Å². The minimum Gasteiger partial charge on any atom is -0.286 e. The van der Waals surface area contributed by atoms with E-state index in [1.54, 1.807) is 23.1 Å². The lowest BCUT2D eigenvalue weighted by atomic mass is 9.95. The van der Waals surface area contributed by atoms with Gasteiger partial charge in [-0.1, -0.05) is 30.3 Å². The highest BCUT2D eigenvalue weighted by molar-refractivity contribution is 8.14. The highest BCUT2D eigenvalue weighted by atomic mass is 35.5. The Bertz CT molecular complexity index is 828. The number of hydrogen-bond donors (Lipinski definition) is 0. The maximum Gasteiger partial charge on any atom is 0.261 e. The molecule has 1 aromatic carbocycles. The number of carbonyl (C=O) groups is 1. The number of thioether (sulfide) groups is 1. The molecule has 2 heterocycles. The van der Waals surface area contributed by atoms with E-state index in [2.05, 4.69) is 6.92 Å². The van der Waals surface area contributed by atoms with Gasteiger partial charge in [0, 0.05) is 27.1 Å². The van der Waals surface area contributed by atoms with Crippen LogP contribution < -0.4 is 0 Å². The molecule has 6 heteroatoms. The Morgan fingerprint density at radius 2 is 2.00 bits per heavy atom. The van der Waals surface area contributed by atoms with Crippen LogP contribution in [0.1, 0.15) is 40.6 Å². The second-order valence-electron chi connectivity index (χ2n) is 6.47. The molecule has 0 radical (unpaired) electrons. The van der Waals surface area contributed by atoms with Gasteiger partial charge in [0.25, 0.3) is 5.91 Å². The zero-order chi connectivity index (χ0) is 17.4. The van der Waals surface area contributed by atoms with Gasteiger partial charge in [0.2, 0.25) is 0 Å². The fourth-order valence-electron chi connectivity index (χ4n) is 3.32. The zero-order valence-electron chi connectivity index (χ0n) is 14.0. The number of thiophene rings is 1. The average Bonchev–Trinajstić information content (AvgIpc) is 3.20. The Morgan fingerprint density at radius 3 is 2.80 bits per heavy atom. The van der Waals surface area contributed by atoms with Crippen LogP contribution >= 0.6 is 34.7 Å². The van der Waals surface area contributed by atoms with Gasteiger partial charge in [0.15, 0.2) is 5.17 Å². The van der Waals surface area contributed by atoms with Crippen LogP contribution in [0.3, 0.4) is 0 Å². The van der Waals surface area contributed by atoms with Crippen LogP contribution in [-0.4, -0.2) is 27.8 Å². The van der Waals surface area contributed by atoms with Crippen LogP contribution in [0.15, 0.2) is 34.6 Å². The fraction of sp³-hybridized carbons (Fsp3) is 0.368. The SMILES string of the molecule is C[C@@H]1CN(C(=O)c2csc3c2CCCC3)C(=Nc2ccc(Cl)cc2)S1. The largest absolute Gasteiger partial charge is 0.286 e. The highest BCUT2D eigenvalue weighted by Crippen LogP contribution is 2.34. The summed E-state index contributed by atoms with van der Waals surface area (Å²) >= 11 is 9.35. The zero-order valence-corrected chi connectivity index (χ0v) is 16.4. The molecule has 1 atom stereocenters. The molecule has 0 unspecified atom stereocenters. The Hall–Kier alpha value is -1.30. The van der Waals surface area contributed by atoms with Crippen LogP contribution in [0.5, 0.6) is 0 Å². The number of amidine groups is 1. The van der Waals surface area contributed by atoms with Crippen molar-refractivity contribution in [2.75, 3.05) is 6.54 Å². The van der Waals surface area contributed by atoms with Crippen molar-refractivity contribution in [2.45, 2.75) is 37.9 Å². The molecule has 1 saturated heterocycles. The van der Waals surface area contributed by atoms with Crippen molar-refractivity contribution in [1.29, 1.82) is 0 Å². The lowest BCUT2D eigenvalue weighted by Gasteiger charge is -2.18. The predicted molar refractivity (Wildman–Crippen MR) is 108 cm³/mol. The molecular formula is C19H19ClN2OS2. The number of aliphatic imine (C=N–C) groups is 1. The molecule has 2 aromatic rings. The number of hydrogen-bond acceptors (Lipinski definition) is 4. The number of rotatable bonds is 2. The molecule has 0 saturated carbocycles. The van der Waals surface area contributed by atoms with E-state index in [9.17, 15) is 4.79 Å². The number of nitrogens with zero attached hydrogens (tertiary/aromatic N) is 2. The number of amides is 1. The summed E-state index contributed by atoms with van der Waals surface area (Å²) < 4.78 is 0. The quantitative estimate of drug-likeness (QED) is 0.673. The molecule has 1 amide bonds. The fourth-order valence-corrected chi connectivity index (χ4v) is 5.59. The normalized spacial score (nSPS) is 21.6. The predicted octanol–water partition coefficient (Wildman–Crippen LogP) is 5.55. The summed E-state index contributed by atoms with van der Waals surface area (Å²) in [5, 5.41) is 3.88. The van der Waals surface area contributed by atoms with Crippen LogP contribution in [0.4, 0.5) is 5.69 Å². The third-order valence-electron chi connectivity index (χ3n) is 4.57. The van der Waals surface area contributed by atoms with Crippen LogP contribution in [0.2, 0.25) is 5.02 Å². The summed E-state index contributed by atoms with van der Waals surface area (Å²) in [6, 6.07) is 7.42. The van der Waals surface area contributed by atoms with Crippen LogP contribution in [-0.2, 0) is 12.8 Å². The first kappa shape index (κ1) is 17.1. The van der Waals surface area contributed by atoms with Crippen molar-refractivity contribution in [3.63, 3.8) is 0 Å². The van der Waals surface area contributed by atoms with Crippen LogP contribution in [0.25, 0.3) is 0 Å². The monoisotopic (exact) mass is 390 g/mol. The molecule has 25 heavy (non-hydrogen) atoms. The van der Waals surface area contributed by atoms with Gasteiger partial charge < -0.3 is 0 Å². The summed E-state index contributed by atoms with van der Waals surface area (Å²) in [7, 11) is 0. The Morgan fingerprint density at radius 1 is 1.24 bits per heavy atom. The van der Waals surface area contributed by atoms with E-state index in [1.807, 2.05) is 34.5 Å². The van der Waals surface area contributed by atoms with Gasteiger partial charge in [-0.05, 0) is 55.5 Å². The Kier molecular flexibility index (Phi) is 4.89. The van der Waals surface area contributed by atoms with Gasteiger partial charge >= 0.3 is 0 Å². The maximum atomic E-state index is 13.2. The van der Waals surface area contributed by atoms with E-state index in [0.717, 1.165) is 29.3 Å². The number of carbonyl (C=O) groups excluding carboxylic acids is 1. The van der Waals surface area contributed by atoms with E-state index in [0.29, 0.717) is 16.8 Å². The van der Waals surface area contributed by atoms with Gasteiger partial charge in [0.1, 0.15) is 0 Å². The van der Waals surface area contributed by atoms with Gasteiger partial charge in [0.05, 0.1) is 11.3 Å². The molecule has 2 aliphatic rings. The second-order valence-corrected chi connectivity index (χ2v) is 9.28. The third kappa shape index (κ3) is 3.50. The Balaban J connectivity index is 1.64. The van der Waals surface area contributed by atoms with E-state index >= 15 is 0 Å². The summed E-state index contributed by atoms with van der Waals surface area (Å²) in [6.45, 7) is 2.85. The molecule has 1 aliphatic carbocycles. The summed E-state index contributed by atoms with van der Waals surface area (Å²) in [5.74, 6) is 0.101. The molecule has 1 aliphatic heterocycles. The highest BCUT2D eigenvalue weighted by Gasteiger charge is 2.33. The number of fused-ring (bicyclic) bond motifs is 1. The molecular weight excluding hydrogens is 372 g/mol. The molecule has 1 aromatic heterocycles. The summed E-state index contributed by atoms with van der Waals surface area (Å²) in [5.41, 5.74) is 2.99. The number of benzene rings is 1. The van der Waals surface area contributed by atoms with E-state index < -0.39 is 0 Å². The molecule has 3 nitrogen and oxygen atoms in total. The maximum absolute atomic E-state index is 13.2. The van der Waals surface area contributed by atoms with E-state index in [4.69, 9.17) is 16.6 Å². The van der Waals surface area contributed by atoms with E-state index in [1.165, 1.54) is 23.3 Å². The minimum atomic E-state index is 0.101. The number of aryl methyl sites for hydroxylation is 1. The van der Waals surface area contributed by atoms with Crippen molar-refractivity contribution in [1.82, 2.24) is 4.90 Å². The smallest absolute Gasteiger partial charge is 0.261 e. The minimum absolute atomic E-state index is 0.101. The molecule has 1 fully saturated rings. The molecule has 0 N–H and O–H groups in total. The number of halogens is 1. The van der Waals surface area contributed by atoms with Crippen molar-refractivity contribution < 1.29 is 4.79 Å². The lowest BCUT2D eigenvalue weighted by Crippen LogP contribution is -2.33. The van der Waals surface area contributed by atoms with Gasteiger partial charge in [-0.25, -0.2) is 4.99 Å². The van der Waals surface area contributed by atoms with Crippen molar-refractivity contribution in [3.05, 3.63) is 50.7 Å². The Labute approximate surface area is 161 Å². The first-order valence-electron chi connectivity index (χ1n) is 8.54. The van der Waals surface area contributed by atoms with E-state index in [-0.39, 0.29) is 5.91 Å². The topological polar surface area (TPSA) is 32.7 Å². The average molecular weight is 391 g/mol. The van der Waals surface area contributed by atoms with Gasteiger partial charge in [-0.3, -0.25) is 9.69 Å². The van der Waals surface area contributed by atoms with Crippen molar-refractivity contribution >= 4 is 51.5 Å². The molecule has 0 spiro atoms. The molecule has 130 valence electrons. The molecule has 4 rings (SSSR count). The standard InChI is InChI=1S/C19H19ClN2OS2/c1-12-10-22(19(25-12)21-14-8-6-13(20)7-9-14)18(23)16-11-24-17-5-3-2-4-15(16)17/h6-9,11-12H,2-5,10H2,1H3/t12-/m1/s1. The van der Waals surface area contributed by atoms with Crippen molar-refractivity contribution in [3.8, 4) is 0 Å². The molecule has 0 bridgehead atoms. The van der Waals surface area contributed by atoms with Gasteiger partial charge in [-0.15, -0.1) is 11.3 Å². The third-order valence-corrected chi connectivity index (χ3v) is 6.98. The summed E-state index contributed by atoms with van der Waals surface area (Å²) in [6.07, 6.45) is 4.56. The van der Waals surface area contributed by atoms with Gasteiger partial charge in [-0.2, -0.15) is 0 Å². The first-order valence-corrected chi connectivity index (χ1v) is 10.7. The second kappa shape index (κ2) is 7.14. The lowest BCUT2D eigenvalue weighted by molar-refractivity contribution is 0.0854. The first-order chi connectivity index (χ1) is 12.1.